The Bertz CT molecular complexity index is 633. The molecule has 0 atom stereocenters. The normalized spacial score (nSPS) is 10.9. The van der Waals surface area contributed by atoms with E-state index in [1.807, 2.05) is 47.9 Å². The van der Waals surface area contributed by atoms with Gasteiger partial charge in [0.25, 0.3) is 0 Å². The van der Waals surface area contributed by atoms with Crippen molar-refractivity contribution in [2.45, 2.75) is 13.0 Å². The molecular formula is C16H14ClN3. The van der Waals surface area contributed by atoms with Gasteiger partial charge in [-0.05, 0) is 29.7 Å². The second-order valence-electron chi connectivity index (χ2n) is 4.61. The van der Waals surface area contributed by atoms with Crippen LogP contribution in [0.2, 0.25) is 5.28 Å². The zero-order chi connectivity index (χ0) is 13.9. The largest absolute Gasteiger partial charge is 0.290 e. The average Bonchev–Trinajstić information content (AvgIpc) is 2.82. The summed E-state index contributed by atoms with van der Waals surface area (Å²) >= 11 is 6.23. The van der Waals surface area contributed by atoms with Gasteiger partial charge in [-0.3, -0.25) is 4.57 Å². The molecule has 0 saturated carbocycles. The molecule has 3 nitrogen and oxygen atoms in total. The maximum absolute atomic E-state index is 6.23. The molecule has 4 heteroatoms. The Morgan fingerprint density at radius 2 is 1.35 bits per heavy atom. The number of aryl methyl sites for hydroxylation is 1. The molecule has 0 aliphatic heterocycles. The third kappa shape index (κ3) is 2.32. The number of aromatic nitrogens is 3. The van der Waals surface area contributed by atoms with Gasteiger partial charge in [0, 0.05) is 0 Å². The summed E-state index contributed by atoms with van der Waals surface area (Å²) in [5.41, 5.74) is 2.31. The van der Waals surface area contributed by atoms with Crippen LogP contribution in [0.15, 0.2) is 60.7 Å². The SMILES string of the molecule is Cc1nnc(Cl)n1C(c1ccccc1)c1ccccc1. The Morgan fingerprint density at radius 3 is 1.75 bits per heavy atom. The zero-order valence-corrected chi connectivity index (χ0v) is 11.8. The predicted octanol–water partition coefficient (Wildman–Crippen LogP) is 3.88. The molecule has 100 valence electrons. The van der Waals surface area contributed by atoms with Gasteiger partial charge >= 0.3 is 0 Å². The minimum Gasteiger partial charge on any atom is -0.290 e. The van der Waals surface area contributed by atoms with Gasteiger partial charge in [-0.1, -0.05) is 60.7 Å². The van der Waals surface area contributed by atoms with Gasteiger partial charge < -0.3 is 0 Å². The van der Waals surface area contributed by atoms with Gasteiger partial charge in [0.05, 0.1) is 6.04 Å². The first-order chi connectivity index (χ1) is 9.77. The van der Waals surface area contributed by atoms with Crippen molar-refractivity contribution < 1.29 is 0 Å². The van der Waals surface area contributed by atoms with E-state index in [1.54, 1.807) is 0 Å². The summed E-state index contributed by atoms with van der Waals surface area (Å²) in [4.78, 5) is 0. The van der Waals surface area contributed by atoms with E-state index < -0.39 is 0 Å². The van der Waals surface area contributed by atoms with Crippen molar-refractivity contribution in [3.63, 3.8) is 0 Å². The van der Waals surface area contributed by atoms with Gasteiger partial charge in [-0.25, -0.2) is 0 Å². The summed E-state index contributed by atoms with van der Waals surface area (Å²) in [5, 5.41) is 8.44. The summed E-state index contributed by atoms with van der Waals surface area (Å²) in [6.07, 6.45) is 0. The second kappa shape index (κ2) is 5.47. The lowest BCUT2D eigenvalue weighted by Crippen LogP contribution is -2.14. The minimum absolute atomic E-state index is 0.0140. The third-order valence-corrected chi connectivity index (χ3v) is 3.57. The van der Waals surface area contributed by atoms with Crippen LogP contribution < -0.4 is 0 Å². The maximum Gasteiger partial charge on any atom is 0.225 e. The Hall–Kier alpha value is -2.13. The first kappa shape index (κ1) is 12.9. The van der Waals surface area contributed by atoms with E-state index in [0.717, 1.165) is 17.0 Å². The van der Waals surface area contributed by atoms with Gasteiger partial charge in [-0.15, -0.1) is 10.2 Å². The van der Waals surface area contributed by atoms with Crippen molar-refractivity contribution >= 4 is 11.6 Å². The van der Waals surface area contributed by atoms with E-state index in [4.69, 9.17) is 11.6 Å². The monoisotopic (exact) mass is 283 g/mol. The lowest BCUT2D eigenvalue weighted by Gasteiger charge is -2.21. The maximum atomic E-state index is 6.23. The highest BCUT2D eigenvalue weighted by atomic mass is 35.5. The predicted molar refractivity (Wildman–Crippen MR) is 79.9 cm³/mol. The summed E-state index contributed by atoms with van der Waals surface area (Å²) in [5.74, 6) is 0.799. The van der Waals surface area contributed by atoms with Gasteiger partial charge in [-0.2, -0.15) is 0 Å². The highest BCUT2D eigenvalue weighted by molar-refractivity contribution is 6.28. The highest BCUT2D eigenvalue weighted by Gasteiger charge is 2.21. The molecular weight excluding hydrogens is 270 g/mol. The Balaban J connectivity index is 2.20. The van der Waals surface area contributed by atoms with Crippen molar-refractivity contribution in [3.8, 4) is 0 Å². The topological polar surface area (TPSA) is 30.7 Å². The first-order valence-corrected chi connectivity index (χ1v) is 6.82. The van der Waals surface area contributed by atoms with E-state index in [0.29, 0.717) is 5.28 Å². The van der Waals surface area contributed by atoms with E-state index in [-0.39, 0.29) is 6.04 Å². The lowest BCUT2D eigenvalue weighted by atomic mass is 9.98. The van der Waals surface area contributed by atoms with Gasteiger partial charge in [0.15, 0.2) is 0 Å². The number of halogens is 1. The first-order valence-electron chi connectivity index (χ1n) is 6.44. The van der Waals surface area contributed by atoms with Crippen molar-refractivity contribution in [1.29, 1.82) is 0 Å². The van der Waals surface area contributed by atoms with Crippen LogP contribution in [0.3, 0.4) is 0 Å². The average molecular weight is 284 g/mol. The van der Waals surface area contributed by atoms with E-state index in [1.165, 1.54) is 0 Å². The molecule has 0 N–H and O–H groups in total. The number of hydrogen-bond acceptors (Lipinski definition) is 2. The van der Waals surface area contributed by atoms with Crippen LogP contribution in [0.4, 0.5) is 0 Å². The molecule has 0 aliphatic rings. The molecule has 3 aromatic rings. The molecule has 0 spiro atoms. The molecule has 1 heterocycles. The van der Waals surface area contributed by atoms with E-state index in [2.05, 4.69) is 34.5 Å². The molecule has 0 bridgehead atoms. The van der Waals surface area contributed by atoms with Crippen LogP contribution in [0.25, 0.3) is 0 Å². The van der Waals surface area contributed by atoms with Crippen LogP contribution in [0.1, 0.15) is 23.0 Å². The van der Waals surface area contributed by atoms with Crippen LogP contribution in [-0.2, 0) is 0 Å². The third-order valence-electron chi connectivity index (χ3n) is 3.31. The summed E-state index contributed by atoms with van der Waals surface area (Å²) in [6, 6.07) is 20.5. The van der Waals surface area contributed by atoms with Crippen molar-refractivity contribution in [2.24, 2.45) is 0 Å². The van der Waals surface area contributed by atoms with Crippen molar-refractivity contribution in [1.82, 2.24) is 14.8 Å². The molecule has 1 aromatic heterocycles. The van der Waals surface area contributed by atoms with E-state index in [9.17, 15) is 0 Å². The molecule has 0 aliphatic carbocycles. The Kier molecular flexibility index (Phi) is 3.52. The van der Waals surface area contributed by atoms with Crippen molar-refractivity contribution in [3.05, 3.63) is 82.9 Å². The fourth-order valence-electron chi connectivity index (χ4n) is 2.40. The quantitative estimate of drug-likeness (QED) is 0.730. The van der Waals surface area contributed by atoms with E-state index >= 15 is 0 Å². The molecule has 20 heavy (non-hydrogen) atoms. The molecule has 2 aromatic carbocycles. The fourth-order valence-corrected chi connectivity index (χ4v) is 2.66. The fraction of sp³-hybridized carbons (Fsp3) is 0.125. The highest BCUT2D eigenvalue weighted by Crippen LogP contribution is 2.29. The zero-order valence-electron chi connectivity index (χ0n) is 11.1. The van der Waals surface area contributed by atoms with Gasteiger partial charge in [0.2, 0.25) is 5.28 Å². The van der Waals surface area contributed by atoms with Crippen LogP contribution in [0, 0.1) is 6.92 Å². The van der Waals surface area contributed by atoms with Gasteiger partial charge in [0.1, 0.15) is 5.82 Å². The number of nitrogens with zero attached hydrogens (tertiary/aromatic N) is 3. The number of benzene rings is 2. The molecule has 0 amide bonds. The van der Waals surface area contributed by atoms with Crippen LogP contribution in [-0.4, -0.2) is 14.8 Å². The Labute approximate surface area is 122 Å². The molecule has 0 radical (unpaired) electrons. The van der Waals surface area contributed by atoms with Crippen LogP contribution in [0.5, 0.6) is 0 Å². The summed E-state index contributed by atoms with van der Waals surface area (Å²) < 4.78 is 1.95. The molecule has 0 fully saturated rings. The molecule has 0 saturated heterocycles. The standard InChI is InChI=1S/C16H14ClN3/c1-12-18-19-16(17)20(12)15(13-8-4-2-5-9-13)14-10-6-3-7-11-14/h2-11,15H,1H3. The molecule has 3 rings (SSSR count). The smallest absolute Gasteiger partial charge is 0.225 e. The lowest BCUT2D eigenvalue weighted by molar-refractivity contribution is 0.654. The minimum atomic E-state index is -0.0140. The second-order valence-corrected chi connectivity index (χ2v) is 4.95. The number of rotatable bonds is 3. The summed E-state index contributed by atoms with van der Waals surface area (Å²) in [7, 11) is 0. The van der Waals surface area contributed by atoms with Crippen LogP contribution >= 0.6 is 11.6 Å². The van der Waals surface area contributed by atoms with Crippen molar-refractivity contribution in [2.75, 3.05) is 0 Å². The number of hydrogen-bond donors (Lipinski definition) is 0. The Morgan fingerprint density at radius 1 is 0.850 bits per heavy atom. The molecule has 0 unspecified atom stereocenters. The summed E-state index contributed by atoms with van der Waals surface area (Å²) in [6.45, 7) is 1.91.